The number of hydrogen-bond acceptors (Lipinski definition) is 0. The van der Waals surface area contributed by atoms with Crippen LogP contribution >= 0.6 is 0 Å². The lowest BCUT2D eigenvalue weighted by atomic mass is 9.79. The van der Waals surface area contributed by atoms with Crippen molar-refractivity contribution in [1.29, 1.82) is 0 Å². The summed E-state index contributed by atoms with van der Waals surface area (Å²) >= 11 is 0. The molecule has 0 saturated carbocycles. The number of benzene rings is 11. The van der Waals surface area contributed by atoms with Crippen molar-refractivity contribution in [2.45, 2.75) is 0 Å². The Bertz CT molecular complexity index is 3220. The second-order valence-electron chi connectivity index (χ2n) is 13.9. The quantitative estimate of drug-likeness (QED) is 0.131. The van der Waals surface area contributed by atoms with E-state index < -0.39 is 0 Å². The average molecular weight is 657 g/mol. The molecule has 0 bridgehead atoms. The van der Waals surface area contributed by atoms with Gasteiger partial charge in [0.15, 0.2) is 0 Å². The van der Waals surface area contributed by atoms with Crippen molar-refractivity contribution < 1.29 is 0 Å². The van der Waals surface area contributed by atoms with Gasteiger partial charge in [-0.05, 0) is 127 Å². The van der Waals surface area contributed by atoms with Crippen LogP contribution in [0.1, 0.15) is 0 Å². The second kappa shape index (κ2) is 11.4. The molecule has 0 heteroatoms. The Hall–Kier alpha value is -6.76. The zero-order valence-corrected chi connectivity index (χ0v) is 28.5. The van der Waals surface area contributed by atoms with Crippen LogP contribution in [0, 0.1) is 0 Å². The lowest BCUT2D eigenvalue weighted by Gasteiger charge is -2.24. The van der Waals surface area contributed by atoms with Gasteiger partial charge < -0.3 is 0 Å². The van der Waals surface area contributed by atoms with Crippen molar-refractivity contribution in [3.63, 3.8) is 0 Å². The van der Waals surface area contributed by atoms with Crippen LogP contribution in [0.15, 0.2) is 194 Å². The normalized spacial score (nSPS) is 11.8. The number of hydrogen-bond donors (Lipinski definition) is 0. The van der Waals surface area contributed by atoms with E-state index in [0.29, 0.717) is 0 Å². The molecule has 0 unspecified atom stereocenters. The summed E-state index contributed by atoms with van der Waals surface area (Å²) in [5.74, 6) is 0. The van der Waals surface area contributed by atoms with E-state index in [9.17, 15) is 0 Å². The first-order valence-corrected chi connectivity index (χ1v) is 18.1. The highest BCUT2D eigenvalue weighted by Crippen LogP contribution is 2.52. The monoisotopic (exact) mass is 656 g/mol. The Morgan fingerprint density at radius 1 is 0.212 bits per heavy atom. The van der Waals surface area contributed by atoms with E-state index in [1.54, 1.807) is 0 Å². The fraction of sp³-hybridized carbons (Fsp3) is 0. The molecular formula is C52H32. The first kappa shape index (κ1) is 29.0. The molecule has 0 saturated heterocycles. The third-order valence-corrected chi connectivity index (χ3v) is 11.2. The van der Waals surface area contributed by atoms with E-state index in [-0.39, 0.29) is 0 Å². The molecule has 0 heterocycles. The molecule has 0 amide bonds. The standard InChI is InChI=1S/C52H32/c1-2-16-33(17-3-1)46-30-34-18-4-5-19-35(34)31-48(46)50-45-29-15-14-28-44(45)49(47-32-36-20-6-7-21-37(36)38-22-8-9-25-41(38)47)51-42-26-12-10-23-39(42)40-24-11-13-27-43(40)52(50)51/h1-32H. The molecule has 11 rings (SSSR count). The van der Waals surface area contributed by atoms with Crippen LogP contribution < -0.4 is 0 Å². The van der Waals surface area contributed by atoms with Crippen LogP contribution in [0.4, 0.5) is 0 Å². The Labute approximate surface area is 301 Å². The molecule has 0 nitrogen and oxygen atoms in total. The van der Waals surface area contributed by atoms with E-state index in [1.807, 2.05) is 0 Å². The molecular weight excluding hydrogens is 625 g/mol. The minimum Gasteiger partial charge on any atom is -0.0622 e. The molecule has 0 radical (unpaired) electrons. The summed E-state index contributed by atoms with van der Waals surface area (Å²) in [5.41, 5.74) is 7.55. The first-order valence-electron chi connectivity index (χ1n) is 18.1. The van der Waals surface area contributed by atoms with Crippen LogP contribution in [0.3, 0.4) is 0 Å². The number of fused-ring (bicyclic) bond motifs is 11. The van der Waals surface area contributed by atoms with Crippen LogP contribution in [0.5, 0.6) is 0 Å². The maximum Gasteiger partial charge on any atom is -0.000741 e. The molecule has 11 aromatic carbocycles. The van der Waals surface area contributed by atoms with Crippen molar-refractivity contribution in [2.24, 2.45) is 0 Å². The Kier molecular flexibility index (Phi) is 6.35. The summed E-state index contributed by atoms with van der Waals surface area (Å²) in [6, 6.07) is 72.0. The molecule has 0 fully saturated rings. The van der Waals surface area contributed by atoms with Crippen molar-refractivity contribution in [3.05, 3.63) is 194 Å². The largest absolute Gasteiger partial charge is 0.0622 e. The van der Waals surface area contributed by atoms with Gasteiger partial charge in [-0.25, -0.2) is 0 Å². The van der Waals surface area contributed by atoms with Crippen molar-refractivity contribution >= 4 is 75.4 Å². The maximum atomic E-state index is 2.44. The molecule has 0 spiro atoms. The Balaban J connectivity index is 1.45. The molecule has 0 atom stereocenters. The van der Waals surface area contributed by atoms with Gasteiger partial charge in [-0.2, -0.15) is 0 Å². The second-order valence-corrected chi connectivity index (χ2v) is 13.9. The molecule has 0 aliphatic rings. The topological polar surface area (TPSA) is 0 Å². The van der Waals surface area contributed by atoms with E-state index in [1.165, 1.54) is 109 Å². The van der Waals surface area contributed by atoms with E-state index >= 15 is 0 Å². The van der Waals surface area contributed by atoms with E-state index in [2.05, 4.69) is 194 Å². The van der Waals surface area contributed by atoms with Crippen molar-refractivity contribution in [2.75, 3.05) is 0 Å². The zero-order valence-electron chi connectivity index (χ0n) is 28.5. The fourth-order valence-corrected chi connectivity index (χ4v) is 8.97. The van der Waals surface area contributed by atoms with Gasteiger partial charge in [0.1, 0.15) is 0 Å². The van der Waals surface area contributed by atoms with Crippen LogP contribution in [0.25, 0.3) is 109 Å². The summed E-state index contributed by atoms with van der Waals surface area (Å²) < 4.78 is 0. The summed E-state index contributed by atoms with van der Waals surface area (Å²) in [6.45, 7) is 0. The average Bonchev–Trinajstić information content (AvgIpc) is 3.22. The van der Waals surface area contributed by atoms with Gasteiger partial charge in [0, 0.05) is 0 Å². The molecule has 0 N–H and O–H groups in total. The van der Waals surface area contributed by atoms with Crippen LogP contribution in [0.2, 0.25) is 0 Å². The van der Waals surface area contributed by atoms with Gasteiger partial charge in [0.25, 0.3) is 0 Å². The first-order chi connectivity index (χ1) is 25.8. The Morgan fingerprint density at radius 3 is 1.15 bits per heavy atom. The summed E-state index contributed by atoms with van der Waals surface area (Å²) in [6.07, 6.45) is 0. The molecule has 52 heavy (non-hydrogen) atoms. The molecule has 0 aromatic heterocycles. The van der Waals surface area contributed by atoms with Crippen molar-refractivity contribution in [1.82, 2.24) is 0 Å². The van der Waals surface area contributed by atoms with Crippen LogP contribution in [-0.2, 0) is 0 Å². The highest BCUT2D eigenvalue weighted by atomic mass is 14.3. The molecule has 0 aliphatic carbocycles. The lowest BCUT2D eigenvalue weighted by Crippen LogP contribution is -1.96. The summed E-state index contributed by atoms with van der Waals surface area (Å²) in [7, 11) is 0. The molecule has 11 aromatic rings. The lowest BCUT2D eigenvalue weighted by molar-refractivity contribution is 1.63. The van der Waals surface area contributed by atoms with Gasteiger partial charge in [0.05, 0.1) is 0 Å². The highest BCUT2D eigenvalue weighted by molar-refractivity contribution is 6.38. The third-order valence-electron chi connectivity index (χ3n) is 11.2. The zero-order chi connectivity index (χ0) is 34.2. The maximum absolute atomic E-state index is 2.44. The fourth-order valence-electron chi connectivity index (χ4n) is 8.97. The van der Waals surface area contributed by atoms with E-state index in [4.69, 9.17) is 0 Å². The molecule has 0 aliphatic heterocycles. The van der Waals surface area contributed by atoms with Gasteiger partial charge >= 0.3 is 0 Å². The van der Waals surface area contributed by atoms with Gasteiger partial charge in [0.2, 0.25) is 0 Å². The molecule has 240 valence electrons. The summed E-state index contributed by atoms with van der Waals surface area (Å²) in [4.78, 5) is 0. The highest BCUT2D eigenvalue weighted by Gasteiger charge is 2.24. The SMILES string of the molecule is c1ccc(-c2cc3ccccc3cc2-c2c3ccccc3c(-c3cc4ccccc4c4ccccc34)c3c4ccccc4c4ccccc4c23)cc1. The van der Waals surface area contributed by atoms with Gasteiger partial charge in [-0.15, -0.1) is 0 Å². The predicted molar refractivity (Wildman–Crippen MR) is 225 cm³/mol. The van der Waals surface area contributed by atoms with Gasteiger partial charge in [-0.1, -0.05) is 176 Å². The predicted octanol–water partition coefficient (Wildman–Crippen LogP) is 14.8. The minimum absolute atomic E-state index is 1.22. The van der Waals surface area contributed by atoms with Crippen molar-refractivity contribution in [3.8, 4) is 33.4 Å². The minimum atomic E-state index is 1.22. The third kappa shape index (κ3) is 4.22. The van der Waals surface area contributed by atoms with E-state index in [0.717, 1.165) is 0 Å². The number of rotatable bonds is 3. The van der Waals surface area contributed by atoms with Crippen LogP contribution in [-0.4, -0.2) is 0 Å². The summed E-state index contributed by atoms with van der Waals surface area (Å²) in [5, 5.41) is 17.8. The van der Waals surface area contributed by atoms with Gasteiger partial charge in [-0.3, -0.25) is 0 Å². The Morgan fingerprint density at radius 2 is 0.577 bits per heavy atom. The smallest absolute Gasteiger partial charge is 0.000741 e.